The molecule has 0 saturated heterocycles. The Balaban J connectivity index is 0.000000614. The molecule has 3 nitrogen and oxygen atoms in total. The Morgan fingerprint density at radius 1 is 0.852 bits per heavy atom. The standard InChI is InChI=1S/C20H17N3.2C2H6/c1-13-7-8-16(14(2)11-13)18-12-22-20(23-18)19-17-6-4-3-5-15(17)9-10-21-19;2*1-2/h3-11H,12H2,1-2H3;2*1-2H3. The fraction of sp³-hybridized carbons (Fsp3) is 0.292. The van der Waals surface area contributed by atoms with Gasteiger partial charge in [-0.3, -0.25) is 9.98 Å². The lowest BCUT2D eigenvalue weighted by Gasteiger charge is -2.06. The fourth-order valence-corrected chi connectivity index (χ4v) is 3.06. The van der Waals surface area contributed by atoms with Crippen LogP contribution in [0.2, 0.25) is 0 Å². The highest BCUT2D eigenvalue weighted by Gasteiger charge is 2.17. The van der Waals surface area contributed by atoms with E-state index in [1.54, 1.807) is 0 Å². The molecule has 1 aliphatic heterocycles. The second-order valence-electron chi connectivity index (χ2n) is 5.90. The smallest absolute Gasteiger partial charge is 0.174 e. The van der Waals surface area contributed by atoms with Gasteiger partial charge in [-0.15, -0.1) is 0 Å². The lowest BCUT2D eigenvalue weighted by molar-refractivity contribution is 1.28. The molecule has 3 aromatic rings. The third kappa shape index (κ3) is 4.48. The number of hydrogen-bond acceptors (Lipinski definition) is 3. The number of aliphatic imine (C=N–C) groups is 2. The van der Waals surface area contributed by atoms with Crippen molar-refractivity contribution in [3.8, 4) is 0 Å². The zero-order valence-electron chi connectivity index (χ0n) is 17.2. The lowest BCUT2D eigenvalue weighted by Crippen LogP contribution is -2.05. The molecule has 27 heavy (non-hydrogen) atoms. The van der Waals surface area contributed by atoms with Crippen LogP contribution in [0.4, 0.5) is 0 Å². The third-order valence-electron chi connectivity index (χ3n) is 4.20. The molecule has 0 unspecified atom stereocenters. The average Bonchev–Trinajstić information content (AvgIpc) is 3.20. The van der Waals surface area contributed by atoms with E-state index >= 15 is 0 Å². The highest BCUT2D eigenvalue weighted by atomic mass is 15.0. The summed E-state index contributed by atoms with van der Waals surface area (Å²) in [7, 11) is 0. The second kappa shape index (κ2) is 9.77. The Hall–Kier alpha value is -2.81. The van der Waals surface area contributed by atoms with Gasteiger partial charge >= 0.3 is 0 Å². The van der Waals surface area contributed by atoms with Gasteiger partial charge in [0.25, 0.3) is 0 Å². The molecule has 140 valence electrons. The quantitative estimate of drug-likeness (QED) is 0.540. The number of nitrogens with zero attached hydrogens (tertiary/aromatic N) is 3. The molecule has 0 fully saturated rings. The maximum Gasteiger partial charge on any atom is 0.174 e. The number of fused-ring (bicyclic) bond motifs is 1. The molecule has 0 spiro atoms. The van der Waals surface area contributed by atoms with Gasteiger partial charge in [-0.05, 0) is 30.9 Å². The molecule has 0 atom stereocenters. The second-order valence-corrected chi connectivity index (χ2v) is 5.90. The maximum absolute atomic E-state index is 4.77. The molecule has 0 bridgehead atoms. The predicted molar refractivity (Wildman–Crippen MR) is 118 cm³/mol. The van der Waals surface area contributed by atoms with Crippen LogP contribution in [0.15, 0.2) is 64.7 Å². The van der Waals surface area contributed by atoms with Gasteiger partial charge in [-0.2, -0.15) is 0 Å². The van der Waals surface area contributed by atoms with E-state index in [2.05, 4.69) is 54.2 Å². The predicted octanol–water partition coefficient (Wildman–Crippen LogP) is 6.15. The molecule has 1 aliphatic rings. The first-order chi connectivity index (χ1) is 13.2. The number of aromatic nitrogens is 1. The first-order valence-electron chi connectivity index (χ1n) is 9.76. The van der Waals surface area contributed by atoms with Gasteiger partial charge in [-0.1, -0.05) is 75.7 Å². The number of pyridine rings is 1. The van der Waals surface area contributed by atoms with E-state index in [4.69, 9.17) is 4.99 Å². The molecule has 0 aliphatic carbocycles. The van der Waals surface area contributed by atoms with E-state index in [-0.39, 0.29) is 0 Å². The topological polar surface area (TPSA) is 37.6 Å². The van der Waals surface area contributed by atoms with E-state index in [9.17, 15) is 0 Å². The minimum Gasteiger partial charge on any atom is -0.258 e. The summed E-state index contributed by atoms with van der Waals surface area (Å²) in [5, 5.41) is 2.26. The van der Waals surface area contributed by atoms with Gasteiger partial charge in [0.1, 0.15) is 5.69 Å². The van der Waals surface area contributed by atoms with Crippen molar-refractivity contribution in [3.05, 3.63) is 77.1 Å². The van der Waals surface area contributed by atoms with Crippen LogP contribution in [0.1, 0.15) is 50.1 Å². The van der Waals surface area contributed by atoms with Crippen molar-refractivity contribution >= 4 is 22.3 Å². The number of rotatable bonds is 2. The first kappa shape index (κ1) is 20.5. The highest BCUT2D eigenvalue weighted by Crippen LogP contribution is 2.21. The zero-order valence-corrected chi connectivity index (χ0v) is 17.2. The largest absolute Gasteiger partial charge is 0.258 e. The molecule has 0 radical (unpaired) electrons. The molecule has 2 heterocycles. The Morgan fingerprint density at radius 3 is 2.33 bits per heavy atom. The van der Waals surface area contributed by atoms with E-state index in [1.165, 1.54) is 16.7 Å². The van der Waals surface area contributed by atoms with Crippen molar-refractivity contribution in [1.82, 2.24) is 4.98 Å². The minimum absolute atomic E-state index is 0.615. The summed E-state index contributed by atoms with van der Waals surface area (Å²) in [4.78, 5) is 13.9. The number of amidine groups is 1. The van der Waals surface area contributed by atoms with Gasteiger partial charge in [0.2, 0.25) is 0 Å². The van der Waals surface area contributed by atoms with E-state index in [1.807, 2.05) is 52.1 Å². The summed E-state index contributed by atoms with van der Waals surface area (Å²) in [5.41, 5.74) is 5.57. The first-order valence-corrected chi connectivity index (χ1v) is 9.76. The average molecular weight is 360 g/mol. The van der Waals surface area contributed by atoms with Gasteiger partial charge in [0, 0.05) is 17.1 Å². The van der Waals surface area contributed by atoms with Crippen molar-refractivity contribution < 1.29 is 0 Å². The van der Waals surface area contributed by atoms with Gasteiger partial charge < -0.3 is 0 Å². The highest BCUT2D eigenvalue weighted by molar-refractivity contribution is 6.20. The van der Waals surface area contributed by atoms with Crippen molar-refractivity contribution in [1.29, 1.82) is 0 Å². The number of benzene rings is 2. The van der Waals surface area contributed by atoms with E-state index < -0.39 is 0 Å². The van der Waals surface area contributed by atoms with Crippen LogP contribution in [-0.2, 0) is 0 Å². The summed E-state index contributed by atoms with van der Waals surface area (Å²) in [6.07, 6.45) is 1.82. The fourth-order valence-electron chi connectivity index (χ4n) is 3.06. The molecular weight excluding hydrogens is 330 g/mol. The van der Waals surface area contributed by atoms with Crippen molar-refractivity contribution in [3.63, 3.8) is 0 Å². The molecule has 4 rings (SSSR count). The molecular formula is C24H29N3. The third-order valence-corrected chi connectivity index (χ3v) is 4.20. The number of hydrogen-bond donors (Lipinski definition) is 0. The summed E-state index contributed by atoms with van der Waals surface area (Å²) in [6.45, 7) is 12.8. The van der Waals surface area contributed by atoms with E-state index in [0.717, 1.165) is 28.0 Å². The van der Waals surface area contributed by atoms with Crippen molar-refractivity contribution in [2.24, 2.45) is 9.98 Å². The maximum atomic E-state index is 4.77. The van der Waals surface area contributed by atoms with Crippen LogP contribution in [0.25, 0.3) is 10.8 Å². The molecule has 0 N–H and O–H groups in total. The van der Waals surface area contributed by atoms with Crippen LogP contribution in [-0.4, -0.2) is 23.1 Å². The van der Waals surface area contributed by atoms with Gasteiger partial charge in [0.05, 0.1) is 12.3 Å². The molecule has 2 aromatic carbocycles. The SMILES string of the molecule is CC.CC.Cc1ccc(C2=NC(c3nccc4ccccc34)=NC2)c(C)c1. The Morgan fingerprint density at radius 2 is 1.59 bits per heavy atom. The van der Waals surface area contributed by atoms with Crippen molar-refractivity contribution in [2.75, 3.05) is 6.54 Å². The van der Waals surface area contributed by atoms with Crippen LogP contribution >= 0.6 is 0 Å². The van der Waals surface area contributed by atoms with Crippen LogP contribution in [0.5, 0.6) is 0 Å². The minimum atomic E-state index is 0.615. The van der Waals surface area contributed by atoms with Crippen LogP contribution in [0, 0.1) is 13.8 Å². The molecule has 3 heteroatoms. The van der Waals surface area contributed by atoms with Gasteiger partial charge in [0.15, 0.2) is 5.84 Å². The van der Waals surface area contributed by atoms with Crippen LogP contribution < -0.4 is 0 Å². The zero-order chi connectivity index (χ0) is 19.8. The van der Waals surface area contributed by atoms with Crippen molar-refractivity contribution in [2.45, 2.75) is 41.5 Å². The summed E-state index contributed by atoms with van der Waals surface area (Å²) < 4.78 is 0. The molecule has 0 saturated carbocycles. The molecule has 0 amide bonds. The summed E-state index contributed by atoms with van der Waals surface area (Å²) >= 11 is 0. The van der Waals surface area contributed by atoms with Crippen LogP contribution in [0.3, 0.4) is 0 Å². The lowest BCUT2D eigenvalue weighted by atomic mass is 10.0. The Bertz CT molecular complexity index is 963. The van der Waals surface area contributed by atoms with E-state index in [0.29, 0.717) is 6.54 Å². The summed E-state index contributed by atoms with van der Waals surface area (Å²) in [6, 6.07) is 16.7. The summed E-state index contributed by atoms with van der Waals surface area (Å²) in [5.74, 6) is 0.733. The van der Waals surface area contributed by atoms with Gasteiger partial charge in [-0.25, -0.2) is 4.99 Å². The normalized spacial score (nSPS) is 12.4. The Labute approximate surface area is 162 Å². The Kier molecular flexibility index (Phi) is 7.42. The number of aryl methyl sites for hydroxylation is 2. The molecule has 1 aromatic heterocycles. The monoisotopic (exact) mass is 359 g/mol.